The number of amides is 1. The van der Waals surface area contributed by atoms with Gasteiger partial charge >= 0.3 is 6.09 Å². The molecule has 0 bridgehead atoms. The Morgan fingerprint density at radius 3 is 1.26 bits per heavy atom. The molecule has 0 atom stereocenters. The Bertz CT molecular complexity index is 237. The Morgan fingerprint density at radius 2 is 0.957 bits per heavy atom. The molecule has 0 heterocycles. The van der Waals surface area contributed by atoms with Gasteiger partial charge in [0.1, 0.15) is 0 Å². The smallest absolute Gasteiger partial charge is 0.404 e. The van der Waals surface area contributed by atoms with Gasteiger partial charge in [-0.2, -0.15) is 0 Å². The lowest BCUT2D eigenvalue weighted by atomic mass is 10.0. The standard InChI is InChI=1S/C19H39NO2.ClH/c1-2-3-4-5-6-7-8-9-10-11-12-13-14-15-16-17-18-20-19(21)22;/h20H,2-18H2,1H3,(H,21,22);1H. The molecule has 4 heteroatoms. The zero-order valence-electron chi connectivity index (χ0n) is 15.3. The van der Waals surface area contributed by atoms with Crippen molar-refractivity contribution in [3.05, 3.63) is 0 Å². The molecule has 0 saturated carbocycles. The van der Waals surface area contributed by atoms with Gasteiger partial charge in [0, 0.05) is 6.54 Å². The summed E-state index contributed by atoms with van der Waals surface area (Å²) in [6.07, 6.45) is 20.7. The number of unbranched alkanes of at least 4 members (excludes halogenated alkanes) is 15. The van der Waals surface area contributed by atoms with Crippen LogP contribution in [0.4, 0.5) is 4.79 Å². The van der Waals surface area contributed by atoms with Crippen molar-refractivity contribution in [3.8, 4) is 0 Å². The highest BCUT2D eigenvalue weighted by Gasteiger charge is 1.95. The van der Waals surface area contributed by atoms with Crippen molar-refractivity contribution in [1.82, 2.24) is 5.32 Å². The Balaban J connectivity index is 0. The first-order chi connectivity index (χ1) is 10.8. The average molecular weight is 350 g/mol. The Morgan fingerprint density at radius 1 is 0.652 bits per heavy atom. The third kappa shape index (κ3) is 23.9. The fourth-order valence-corrected chi connectivity index (χ4v) is 2.87. The van der Waals surface area contributed by atoms with Crippen LogP contribution >= 0.6 is 12.4 Å². The van der Waals surface area contributed by atoms with Gasteiger partial charge in [-0.25, -0.2) is 4.79 Å². The van der Waals surface area contributed by atoms with Crippen LogP contribution in [0.25, 0.3) is 0 Å². The molecule has 23 heavy (non-hydrogen) atoms. The first-order valence-corrected chi connectivity index (χ1v) is 9.74. The zero-order chi connectivity index (χ0) is 16.3. The van der Waals surface area contributed by atoms with Crippen LogP contribution in [-0.4, -0.2) is 17.7 Å². The van der Waals surface area contributed by atoms with E-state index < -0.39 is 6.09 Å². The van der Waals surface area contributed by atoms with Crippen molar-refractivity contribution in [1.29, 1.82) is 0 Å². The molecule has 0 fully saturated rings. The molecule has 0 aromatic heterocycles. The molecular weight excluding hydrogens is 310 g/mol. The molecule has 0 rings (SSSR count). The summed E-state index contributed by atoms with van der Waals surface area (Å²) < 4.78 is 0. The van der Waals surface area contributed by atoms with E-state index in [1.165, 1.54) is 89.9 Å². The van der Waals surface area contributed by atoms with E-state index in [4.69, 9.17) is 5.11 Å². The van der Waals surface area contributed by atoms with Crippen LogP contribution in [0.5, 0.6) is 0 Å². The fourth-order valence-electron chi connectivity index (χ4n) is 2.87. The van der Waals surface area contributed by atoms with Crippen LogP contribution < -0.4 is 5.32 Å². The summed E-state index contributed by atoms with van der Waals surface area (Å²) in [5, 5.41) is 10.8. The van der Waals surface area contributed by atoms with Crippen LogP contribution in [-0.2, 0) is 0 Å². The molecule has 0 aliphatic heterocycles. The highest BCUT2D eigenvalue weighted by atomic mass is 35.5. The van der Waals surface area contributed by atoms with Crippen molar-refractivity contribution < 1.29 is 9.90 Å². The van der Waals surface area contributed by atoms with Crippen LogP contribution in [0, 0.1) is 0 Å². The fraction of sp³-hybridized carbons (Fsp3) is 0.947. The van der Waals surface area contributed by atoms with Crippen LogP contribution in [0.3, 0.4) is 0 Å². The van der Waals surface area contributed by atoms with Crippen molar-refractivity contribution in [2.24, 2.45) is 0 Å². The minimum Gasteiger partial charge on any atom is -0.465 e. The molecule has 2 N–H and O–H groups in total. The second-order valence-electron chi connectivity index (χ2n) is 6.54. The van der Waals surface area contributed by atoms with Gasteiger partial charge in [0.15, 0.2) is 0 Å². The molecule has 0 radical (unpaired) electrons. The molecule has 3 nitrogen and oxygen atoms in total. The minimum absolute atomic E-state index is 0. The second-order valence-corrected chi connectivity index (χ2v) is 6.54. The van der Waals surface area contributed by atoms with Gasteiger partial charge < -0.3 is 10.4 Å². The van der Waals surface area contributed by atoms with Crippen LogP contribution in [0.15, 0.2) is 0 Å². The molecule has 0 saturated heterocycles. The summed E-state index contributed by atoms with van der Waals surface area (Å²) in [5.74, 6) is 0. The van der Waals surface area contributed by atoms with E-state index >= 15 is 0 Å². The minimum atomic E-state index is -0.902. The number of rotatable bonds is 17. The number of nitrogens with one attached hydrogen (secondary N) is 1. The molecule has 0 aromatic rings. The van der Waals surface area contributed by atoms with Crippen molar-refractivity contribution >= 4 is 18.5 Å². The molecule has 1 amide bonds. The third-order valence-corrected chi connectivity index (χ3v) is 4.31. The summed E-state index contributed by atoms with van der Waals surface area (Å²) in [5.41, 5.74) is 0. The molecule has 140 valence electrons. The van der Waals surface area contributed by atoms with E-state index in [1.54, 1.807) is 0 Å². The molecule has 0 aliphatic rings. The lowest BCUT2D eigenvalue weighted by molar-refractivity contribution is 0.194. The molecule has 0 spiro atoms. The molecule has 0 aliphatic carbocycles. The normalized spacial score (nSPS) is 10.3. The molecular formula is C19H40ClNO2. The lowest BCUT2D eigenvalue weighted by Crippen LogP contribution is -2.21. The number of hydrogen-bond donors (Lipinski definition) is 2. The van der Waals surface area contributed by atoms with Gasteiger partial charge in [0.05, 0.1) is 0 Å². The Kier molecular flexibility index (Phi) is 23.3. The quantitative estimate of drug-likeness (QED) is 0.279. The van der Waals surface area contributed by atoms with Crippen molar-refractivity contribution in [3.63, 3.8) is 0 Å². The summed E-state index contributed by atoms with van der Waals surface area (Å²) in [6, 6.07) is 0. The number of halogens is 1. The van der Waals surface area contributed by atoms with E-state index in [9.17, 15) is 4.79 Å². The summed E-state index contributed by atoms with van der Waals surface area (Å²) in [4.78, 5) is 10.2. The summed E-state index contributed by atoms with van der Waals surface area (Å²) in [7, 11) is 0. The predicted molar refractivity (Wildman–Crippen MR) is 103 cm³/mol. The SMILES string of the molecule is CCCCCCCCCCCCCCCCCCNC(=O)O.Cl. The first kappa shape index (κ1) is 24.8. The number of carbonyl (C=O) groups is 1. The summed E-state index contributed by atoms with van der Waals surface area (Å²) in [6.45, 7) is 2.88. The van der Waals surface area contributed by atoms with E-state index in [0.717, 1.165) is 12.8 Å². The van der Waals surface area contributed by atoms with Gasteiger partial charge in [-0.1, -0.05) is 103 Å². The van der Waals surface area contributed by atoms with E-state index in [2.05, 4.69) is 12.2 Å². The van der Waals surface area contributed by atoms with E-state index in [0.29, 0.717) is 6.54 Å². The van der Waals surface area contributed by atoms with Gasteiger partial charge in [-0.15, -0.1) is 12.4 Å². The van der Waals surface area contributed by atoms with Crippen molar-refractivity contribution in [2.45, 2.75) is 110 Å². The van der Waals surface area contributed by atoms with E-state index in [-0.39, 0.29) is 12.4 Å². The predicted octanol–water partition coefficient (Wildman–Crippen LogP) is 6.94. The Labute approximate surface area is 150 Å². The molecule has 0 aromatic carbocycles. The summed E-state index contributed by atoms with van der Waals surface area (Å²) >= 11 is 0. The van der Waals surface area contributed by atoms with Gasteiger partial charge in [-0.3, -0.25) is 0 Å². The highest BCUT2D eigenvalue weighted by Crippen LogP contribution is 2.13. The molecule has 0 unspecified atom stereocenters. The topological polar surface area (TPSA) is 49.3 Å². The largest absolute Gasteiger partial charge is 0.465 e. The maximum Gasteiger partial charge on any atom is 0.404 e. The lowest BCUT2D eigenvalue weighted by Gasteiger charge is -2.03. The maximum atomic E-state index is 10.2. The van der Waals surface area contributed by atoms with Crippen LogP contribution in [0.1, 0.15) is 110 Å². The van der Waals surface area contributed by atoms with Gasteiger partial charge in [-0.05, 0) is 6.42 Å². The van der Waals surface area contributed by atoms with Gasteiger partial charge in [0.25, 0.3) is 0 Å². The van der Waals surface area contributed by atoms with E-state index in [1.807, 2.05) is 0 Å². The zero-order valence-corrected chi connectivity index (χ0v) is 16.1. The first-order valence-electron chi connectivity index (χ1n) is 9.74. The Hall–Kier alpha value is -0.440. The third-order valence-electron chi connectivity index (χ3n) is 4.31. The number of hydrogen-bond acceptors (Lipinski definition) is 1. The second kappa shape index (κ2) is 21.6. The number of carboxylic acid groups (broad SMARTS) is 1. The average Bonchev–Trinajstić information content (AvgIpc) is 2.50. The van der Waals surface area contributed by atoms with Gasteiger partial charge in [0.2, 0.25) is 0 Å². The van der Waals surface area contributed by atoms with Crippen molar-refractivity contribution in [2.75, 3.05) is 6.54 Å². The highest BCUT2D eigenvalue weighted by molar-refractivity contribution is 5.85. The maximum absolute atomic E-state index is 10.2. The monoisotopic (exact) mass is 349 g/mol. The van der Waals surface area contributed by atoms with Crippen LogP contribution in [0.2, 0.25) is 0 Å².